The van der Waals surface area contributed by atoms with Gasteiger partial charge in [-0.2, -0.15) is 0 Å². The summed E-state index contributed by atoms with van der Waals surface area (Å²) in [6, 6.07) is 6.49. The Morgan fingerprint density at radius 1 is 1.11 bits per heavy atom. The van der Waals surface area contributed by atoms with Crippen molar-refractivity contribution in [1.82, 2.24) is 9.80 Å². The zero-order chi connectivity index (χ0) is 19.4. The van der Waals surface area contributed by atoms with Crippen molar-refractivity contribution >= 4 is 5.91 Å². The molecule has 1 amide bonds. The van der Waals surface area contributed by atoms with Crippen LogP contribution in [0, 0.1) is 5.41 Å². The highest BCUT2D eigenvalue weighted by atomic mass is 16.5. The van der Waals surface area contributed by atoms with Gasteiger partial charge in [-0.3, -0.25) is 9.69 Å². The molecule has 5 heteroatoms. The molecule has 150 valence electrons. The Balaban J connectivity index is 1.77. The number of methoxy groups -OCH3 is 2. The normalized spacial score (nSPS) is 23.4. The lowest BCUT2D eigenvalue weighted by molar-refractivity contribution is -0.146. The van der Waals surface area contributed by atoms with Gasteiger partial charge in [-0.1, -0.05) is 26.0 Å². The lowest BCUT2D eigenvalue weighted by Crippen LogP contribution is -2.50. The molecular formula is C22H34N2O3. The highest BCUT2D eigenvalue weighted by molar-refractivity contribution is 5.84. The number of nitrogens with zero attached hydrogens (tertiary/aromatic N) is 2. The highest BCUT2D eigenvalue weighted by Gasteiger charge is 2.49. The fourth-order valence-electron chi connectivity index (χ4n) is 4.99. The van der Waals surface area contributed by atoms with E-state index in [0.29, 0.717) is 18.5 Å². The molecule has 0 aromatic heterocycles. The number of para-hydroxylation sites is 1. The van der Waals surface area contributed by atoms with E-state index in [1.807, 2.05) is 23.1 Å². The van der Waals surface area contributed by atoms with Gasteiger partial charge in [0.2, 0.25) is 5.91 Å². The predicted molar refractivity (Wildman–Crippen MR) is 107 cm³/mol. The third kappa shape index (κ3) is 3.79. The van der Waals surface area contributed by atoms with E-state index < -0.39 is 0 Å². The number of hydrogen-bond donors (Lipinski definition) is 0. The summed E-state index contributed by atoms with van der Waals surface area (Å²) in [7, 11) is 3.30. The fraction of sp³-hybridized carbons (Fsp3) is 0.682. The van der Waals surface area contributed by atoms with E-state index >= 15 is 0 Å². The summed E-state index contributed by atoms with van der Waals surface area (Å²) in [5.74, 6) is 1.78. The summed E-state index contributed by atoms with van der Waals surface area (Å²) in [5, 5.41) is 0. The molecule has 1 unspecified atom stereocenters. The molecule has 1 atom stereocenters. The Labute approximate surface area is 163 Å². The van der Waals surface area contributed by atoms with Crippen molar-refractivity contribution in [2.75, 3.05) is 33.9 Å². The van der Waals surface area contributed by atoms with Gasteiger partial charge >= 0.3 is 0 Å². The summed E-state index contributed by atoms with van der Waals surface area (Å²) in [5.41, 5.74) is 0.824. The van der Waals surface area contributed by atoms with Crippen molar-refractivity contribution in [1.29, 1.82) is 0 Å². The first-order valence-electron chi connectivity index (χ1n) is 10.3. The van der Waals surface area contributed by atoms with Crippen molar-refractivity contribution in [2.24, 2.45) is 5.41 Å². The van der Waals surface area contributed by atoms with Crippen LogP contribution in [0.1, 0.15) is 51.5 Å². The van der Waals surface area contributed by atoms with Crippen LogP contribution in [0.3, 0.4) is 0 Å². The van der Waals surface area contributed by atoms with Gasteiger partial charge < -0.3 is 14.4 Å². The summed E-state index contributed by atoms with van der Waals surface area (Å²) in [6.07, 6.45) is 5.41. The molecule has 5 nitrogen and oxygen atoms in total. The number of carbonyl (C=O) groups is 1. The van der Waals surface area contributed by atoms with Gasteiger partial charge in [-0.25, -0.2) is 0 Å². The first kappa shape index (κ1) is 20.0. The summed E-state index contributed by atoms with van der Waals surface area (Å²) < 4.78 is 11.0. The molecule has 0 bridgehead atoms. The molecule has 0 saturated carbocycles. The minimum Gasteiger partial charge on any atom is -0.493 e. The Bertz CT molecular complexity index is 659. The molecular weight excluding hydrogens is 340 g/mol. The molecule has 2 aliphatic rings. The van der Waals surface area contributed by atoms with Crippen LogP contribution in [-0.4, -0.2) is 55.6 Å². The Morgan fingerprint density at radius 3 is 2.56 bits per heavy atom. The molecule has 2 fully saturated rings. The molecule has 2 saturated heterocycles. The van der Waals surface area contributed by atoms with Gasteiger partial charge in [0, 0.05) is 31.2 Å². The van der Waals surface area contributed by atoms with E-state index in [1.54, 1.807) is 14.2 Å². The smallest absolute Gasteiger partial charge is 0.230 e. The van der Waals surface area contributed by atoms with Crippen LogP contribution >= 0.6 is 0 Å². The molecule has 2 aliphatic heterocycles. The number of rotatable bonds is 7. The average Bonchev–Trinajstić information content (AvgIpc) is 3.11. The van der Waals surface area contributed by atoms with Crippen LogP contribution in [0.15, 0.2) is 18.2 Å². The maximum Gasteiger partial charge on any atom is 0.230 e. The predicted octanol–water partition coefficient (Wildman–Crippen LogP) is 3.71. The number of ether oxygens (including phenoxy) is 2. The maximum atomic E-state index is 13.5. The first-order chi connectivity index (χ1) is 13.1. The number of benzene rings is 1. The van der Waals surface area contributed by atoms with Crippen LogP contribution < -0.4 is 9.47 Å². The van der Waals surface area contributed by atoms with Gasteiger partial charge in [-0.05, 0) is 44.7 Å². The van der Waals surface area contributed by atoms with E-state index in [1.165, 1.54) is 0 Å². The van der Waals surface area contributed by atoms with Crippen LogP contribution in [0.25, 0.3) is 0 Å². The van der Waals surface area contributed by atoms with Crippen molar-refractivity contribution in [2.45, 2.75) is 58.5 Å². The topological polar surface area (TPSA) is 42.0 Å². The Kier molecular flexibility index (Phi) is 6.30. The molecule has 1 aromatic rings. The lowest BCUT2D eigenvalue weighted by atomic mass is 9.78. The standard InChI is InChI=1S/C22H34N2O3/c1-5-18(6-2)24-14-12-22(16-24)11-8-13-23(21(22)25)15-17-9-7-10-19(26-3)20(17)27-4/h7,9-10,18H,5-6,8,11-16H2,1-4H3. The molecule has 2 heterocycles. The van der Waals surface area contributed by atoms with Crippen molar-refractivity contribution < 1.29 is 14.3 Å². The van der Waals surface area contributed by atoms with Crippen molar-refractivity contribution in [3.8, 4) is 11.5 Å². The molecule has 27 heavy (non-hydrogen) atoms. The number of amides is 1. The van der Waals surface area contributed by atoms with Gasteiger partial charge in [-0.15, -0.1) is 0 Å². The van der Waals surface area contributed by atoms with Crippen LogP contribution in [0.5, 0.6) is 11.5 Å². The monoisotopic (exact) mass is 374 g/mol. The van der Waals surface area contributed by atoms with E-state index in [-0.39, 0.29) is 5.41 Å². The minimum atomic E-state index is -0.188. The molecule has 0 N–H and O–H groups in total. The molecule has 1 spiro atoms. The maximum absolute atomic E-state index is 13.5. The number of hydrogen-bond acceptors (Lipinski definition) is 4. The van der Waals surface area contributed by atoms with Gasteiger partial charge in [0.25, 0.3) is 0 Å². The van der Waals surface area contributed by atoms with Crippen LogP contribution in [-0.2, 0) is 11.3 Å². The van der Waals surface area contributed by atoms with E-state index in [0.717, 1.165) is 68.8 Å². The van der Waals surface area contributed by atoms with Crippen molar-refractivity contribution in [3.05, 3.63) is 23.8 Å². The minimum absolute atomic E-state index is 0.188. The second kappa shape index (κ2) is 8.51. The molecule has 0 aliphatic carbocycles. The Hall–Kier alpha value is -1.75. The largest absolute Gasteiger partial charge is 0.493 e. The average molecular weight is 375 g/mol. The van der Waals surface area contributed by atoms with E-state index in [9.17, 15) is 4.79 Å². The van der Waals surface area contributed by atoms with E-state index in [4.69, 9.17) is 9.47 Å². The zero-order valence-electron chi connectivity index (χ0n) is 17.3. The molecule has 3 rings (SSSR count). The third-order valence-corrected chi connectivity index (χ3v) is 6.51. The van der Waals surface area contributed by atoms with Gasteiger partial charge in [0.1, 0.15) is 0 Å². The summed E-state index contributed by atoms with van der Waals surface area (Å²) >= 11 is 0. The van der Waals surface area contributed by atoms with Crippen LogP contribution in [0.4, 0.5) is 0 Å². The second-order valence-corrected chi connectivity index (χ2v) is 7.95. The Morgan fingerprint density at radius 2 is 1.89 bits per heavy atom. The second-order valence-electron chi connectivity index (χ2n) is 7.95. The van der Waals surface area contributed by atoms with E-state index in [2.05, 4.69) is 18.7 Å². The molecule has 1 aromatic carbocycles. The van der Waals surface area contributed by atoms with Gasteiger partial charge in [0.05, 0.1) is 19.6 Å². The number of likely N-dealkylation sites (tertiary alicyclic amines) is 2. The zero-order valence-corrected chi connectivity index (χ0v) is 17.3. The van der Waals surface area contributed by atoms with Gasteiger partial charge in [0.15, 0.2) is 11.5 Å². The summed E-state index contributed by atoms with van der Waals surface area (Å²) in [4.78, 5) is 18.1. The SMILES string of the molecule is CCC(CC)N1CCC2(CCCN(Cc3cccc(OC)c3OC)C2=O)C1. The third-order valence-electron chi connectivity index (χ3n) is 6.51. The van der Waals surface area contributed by atoms with Crippen LogP contribution in [0.2, 0.25) is 0 Å². The quantitative estimate of drug-likeness (QED) is 0.730. The number of piperidine rings is 1. The highest BCUT2D eigenvalue weighted by Crippen LogP contribution is 2.42. The molecule has 0 radical (unpaired) electrons. The first-order valence-corrected chi connectivity index (χ1v) is 10.3. The number of carbonyl (C=O) groups excluding carboxylic acids is 1. The summed E-state index contributed by atoms with van der Waals surface area (Å²) in [6.45, 7) is 7.89. The lowest BCUT2D eigenvalue weighted by Gasteiger charge is -2.40. The fourth-order valence-corrected chi connectivity index (χ4v) is 4.99. The van der Waals surface area contributed by atoms with Crippen molar-refractivity contribution in [3.63, 3.8) is 0 Å².